The van der Waals surface area contributed by atoms with Crippen LogP contribution < -0.4 is 4.74 Å². The predicted molar refractivity (Wildman–Crippen MR) is 91.2 cm³/mol. The van der Waals surface area contributed by atoms with Gasteiger partial charge < -0.3 is 4.74 Å². The molecule has 2 fully saturated rings. The molecule has 6 nitrogen and oxygen atoms in total. The molecule has 1 spiro atoms. The lowest BCUT2D eigenvalue weighted by Gasteiger charge is -2.44. The second-order valence-corrected chi connectivity index (χ2v) is 9.31. The smallest absolute Gasteiger partial charge is 0.270 e. The van der Waals surface area contributed by atoms with Crippen LogP contribution in [0.3, 0.4) is 0 Å². The van der Waals surface area contributed by atoms with Crippen LogP contribution >= 0.6 is 11.8 Å². The number of hydrogen-bond acceptors (Lipinski definition) is 5. The molecule has 1 saturated heterocycles. The molecule has 1 atom stereocenters. The summed E-state index contributed by atoms with van der Waals surface area (Å²) in [7, 11) is 0. The molecular formula is C17H20N2O4S. The number of hydrogen-bond donors (Lipinski definition) is 0. The normalized spacial score (nSPS) is 26.7. The highest BCUT2D eigenvalue weighted by atomic mass is 32.2. The van der Waals surface area contributed by atoms with Crippen LogP contribution in [0.1, 0.15) is 56.3 Å². The SMILES string of the molecule is CC1(C)SC2(CCCCC2)N2C(=O)c3cc([N+](=O)[O-])ccc3OC21. The average molecular weight is 348 g/mol. The van der Waals surface area contributed by atoms with E-state index in [1.807, 2.05) is 16.7 Å². The number of benzene rings is 1. The Balaban J connectivity index is 1.81. The molecule has 1 saturated carbocycles. The number of carbonyl (C=O) groups is 1. The molecule has 1 unspecified atom stereocenters. The van der Waals surface area contributed by atoms with E-state index < -0.39 is 4.92 Å². The summed E-state index contributed by atoms with van der Waals surface area (Å²) < 4.78 is 5.95. The van der Waals surface area contributed by atoms with Crippen LogP contribution in [0.2, 0.25) is 0 Å². The summed E-state index contributed by atoms with van der Waals surface area (Å²) in [6, 6.07) is 4.29. The van der Waals surface area contributed by atoms with Crippen LogP contribution in [-0.2, 0) is 0 Å². The first-order valence-corrected chi connectivity index (χ1v) is 9.15. The lowest BCUT2D eigenvalue weighted by molar-refractivity contribution is -0.384. The van der Waals surface area contributed by atoms with Crippen molar-refractivity contribution in [1.82, 2.24) is 4.90 Å². The zero-order valence-electron chi connectivity index (χ0n) is 13.8. The van der Waals surface area contributed by atoms with E-state index in [1.54, 1.807) is 6.07 Å². The number of non-ortho nitro benzene ring substituents is 1. The van der Waals surface area contributed by atoms with Crippen LogP contribution in [0.4, 0.5) is 5.69 Å². The first-order chi connectivity index (χ1) is 11.3. The number of fused-ring (bicyclic) bond motifs is 3. The summed E-state index contributed by atoms with van der Waals surface area (Å²) in [6.07, 6.45) is 4.97. The minimum absolute atomic E-state index is 0.0760. The third-order valence-electron chi connectivity index (χ3n) is 5.22. The molecule has 1 amide bonds. The number of rotatable bonds is 1. The number of nitrogens with zero attached hydrogens (tertiary/aromatic N) is 2. The molecule has 2 aliphatic heterocycles. The van der Waals surface area contributed by atoms with Crippen LogP contribution in [0.15, 0.2) is 18.2 Å². The maximum atomic E-state index is 13.2. The van der Waals surface area contributed by atoms with Gasteiger partial charge >= 0.3 is 0 Å². The Morgan fingerprint density at radius 2 is 2.00 bits per heavy atom. The zero-order valence-corrected chi connectivity index (χ0v) is 14.6. The number of thioether (sulfide) groups is 1. The molecule has 7 heteroatoms. The van der Waals surface area contributed by atoms with Crippen molar-refractivity contribution in [2.24, 2.45) is 0 Å². The van der Waals surface area contributed by atoms with Crippen molar-refractivity contribution < 1.29 is 14.5 Å². The van der Waals surface area contributed by atoms with Crippen molar-refractivity contribution in [1.29, 1.82) is 0 Å². The highest BCUT2D eigenvalue weighted by Gasteiger charge is 2.61. The summed E-state index contributed by atoms with van der Waals surface area (Å²) >= 11 is 1.83. The number of amides is 1. The van der Waals surface area contributed by atoms with Crippen LogP contribution in [0.5, 0.6) is 5.75 Å². The molecule has 0 aromatic heterocycles. The highest BCUT2D eigenvalue weighted by Crippen LogP contribution is 2.59. The van der Waals surface area contributed by atoms with E-state index in [2.05, 4.69) is 13.8 Å². The fourth-order valence-corrected chi connectivity index (χ4v) is 6.20. The van der Waals surface area contributed by atoms with Crippen molar-refractivity contribution in [3.63, 3.8) is 0 Å². The third-order valence-corrected chi connectivity index (χ3v) is 6.93. The van der Waals surface area contributed by atoms with Gasteiger partial charge in [-0.2, -0.15) is 0 Å². The van der Waals surface area contributed by atoms with Gasteiger partial charge in [0, 0.05) is 12.1 Å². The molecule has 1 aromatic carbocycles. The first kappa shape index (κ1) is 15.7. The molecule has 1 aromatic rings. The Hall–Kier alpha value is -1.76. The van der Waals surface area contributed by atoms with Crippen LogP contribution in [0.25, 0.3) is 0 Å². The van der Waals surface area contributed by atoms with Gasteiger partial charge in [0.25, 0.3) is 11.6 Å². The first-order valence-electron chi connectivity index (χ1n) is 8.33. The van der Waals surface area contributed by atoms with Gasteiger partial charge in [-0.25, -0.2) is 0 Å². The molecule has 0 bridgehead atoms. The minimum atomic E-state index is -0.474. The molecule has 1 aliphatic carbocycles. The second-order valence-electron chi connectivity index (χ2n) is 7.30. The molecule has 3 aliphatic rings. The van der Waals surface area contributed by atoms with Crippen molar-refractivity contribution in [2.75, 3.05) is 0 Å². The molecule has 2 heterocycles. The molecular weight excluding hydrogens is 328 g/mol. The number of ether oxygens (including phenoxy) is 1. The Morgan fingerprint density at radius 3 is 2.67 bits per heavy atom. The van der Waals surface area contributed by atoms with E-state index in [0.717, 1.165) is 25.7 Å². The fraction of sp³-hybridized carbons (Fsp3) is 0.588. The van der Waals surface area contributed by atoms with E-state index in [9.17, 15) is 14.9 Å². The maximum absolute atomic E-state index is 13.2. The van der Waals surface area contributed by atoms with E-state index in [4.69, 9.17) is 4.74 Å². The van der Waals surface area contributed by atoms with Gasteiger partial charge in [-0.1, -0.05) is 19.3 Å². The van der Waals surface area contributed by atoms with Gasteiger partial charge in [0.1, 0.15) is 5.75 Å². The summed E-state index contributed by atoms with van der Waals surface area (Å²) in [5, 5.41) is 11.1. The number of carbonyl (C=O) groups excluding carboxylic acids is 1. The van der Waals surface area contributed by atoms with Crippen molar-refractivity contribution in [2.45, 2.75) is 61.8 Å². The summed E-state index contributed by atoms with van der Waals surface area (Å²) in [4.78, 5) is 25.5. The van der Waals surface area contributed by atoms with Gasteiger partial charge in [0.2, 0.25) is 0 Å². The van der Waals surface area contributed by atoms with Gasteiger partial charge in [0.15, 0.2) is 6.23 Å². The average Bonchev–Trinajstić information content (AvgIpc) is 2.75. The number of nitro groups is 1. The topological polar surface area (TPSA) is 72.7 Å². The van der Waals surface area contributed by atoms with Gasteiger partial charge in [-0.15, -0.1) is 11.8 Å². The molecule has 0 N–H and O–H groups in total. The molecule has 128 valence electrons. The Bertz CT molecular complexity index is 727. The zero-order chi connectivity index (χ0) is 17.1. The summed E-state index contributed by atoms with van der Waals surface area (Å²) in [6.45, 7) is 4.23. The second kappa shape index (κ2) is 5.12. The van der Waals surface area contributed by atoms with E-state index in [0.29, 0.717) is 11.3 Å². The fourth-order valence-electron chi connectivity index (χ4n) is 4.20. The largest absolute Gasteiger partial charge is 0.468 e. The Kier molecular flexibility index (Phi) is 3.36. The highest BCUT2D eigenvalue weighted by molar-refractivity contribution is 8.02. The monoisotopic (exact) mass is 348 g/mol. The summed E-state index contributed by atoms with van der Waals surface area (Å²) in [5.74, 6) is 0.318. The lowest BCUT2D eigenvalue weighted by Crippen LogP contribution is -2.56. The molecule has 0 radical (unpaired) electrons. The van der Waals surface area contributed by atoms with Crippen LogP contribution in [0, 0.1) is 10.1 Å². The Morgan fingerprint density at radius 1 is 1.29 bits per heavy atom. The van der Waals surface area contributed by atoms with Crippen LogP contribution in [-0.4, -0.2) is 31.6 Å². The van der Waals surface area contributed by atoms with Crippen molar-refractivity contribution in [3.8, 4) is 5.75 Å². The molecule has 4 rings (SSSR count). The lowest BCUT2D eigenvalue weighted by atomic mass is 9.91. The van der Waals surface area contributed by atoms with Gasteiger partial charge in [0.05, 0.1) is 20.1 Å². The van der Waals surface area contributed by atoms with E-state index >= 15 is 0 Å². The molecule has 24 heavy (non-hydrogen) atoms. The van der Waals surface area contributed by atoms with E-state index in [-0.39, 0.29) is 27.4 Å². The minimum Gasteiger partial charge on any atom is -0.468 e. The Labute approximate surface area is 144 Å². The van der Waals surface area contributed by atoms with Gasteiger partial charge in [-0.05, 0) is 32.8 Å². The van der Waals surface area contributed by atoms with Gasteiger partial charge in [-0.3, -0.25) is 19.8 Å². The maximum Gasteiger partial charge on any atom is 0.270 e. The summed E-state index contributed by atoms with van der Waals surface area (Å²) in [5.41, 5.74) is 0.233. The van der Waals surface area contributed by atoms with E-state index in [1.165, 1.54) is 18.6 Å². The standard InChI is InChI=1S/C17H20N2O4S/c1-16(2)15-18(17(24-16)8-4-3-5-9-17)14(20)12-10-11(19(21)22)6-7-13(12)23-15/h6-7,10,15H,3-5,8-9H2,1-2H3. The third kappa shape index (κ3) is 2.13. The van der Waals surface area contributed by atoms with Crippen molar-refractivity contribution in [3.05, 3.63) is 33.9 Å². The quantitative estimate of drug-likeness (QED) is 0.568. The number of nitro benzene ring substituents is 1. The van der Waals surface area contributed by atoms with Crippen molar-refractivity contribution >= 4 is 23.4 Å². The predicted octanol–water partition coefficient (Wildman–Crippen LogP) is 3.94.